The maximum atomic E-state index is 13.4. The molecule has 1 saturated carbocycles. The van der Waals surface area contributed by atoms with Crippen LogP contribution in [0.5, 0.6) is 0 Å². The fourth-order valence-corrected chi connectivity index (χ4v) is 4.33. The lowest BCUT2D eigenvalue weighted by Gasteiger charge is -2.28. The van der Waals surface area contributed by atoms with Crippen LogP contribution in [-0.4, -0.2) is 16.7 Å². The topological polar surface area (TPSA) is 75.8 Å². The number of amidine groups is 1. The predicted molar refractivity (Wildman–Crippen MR) is 121 cm³/mol. The van der Waals surface area contributed by atoms with Gasteiger partial charge in [0.15, 0.2) is 0 Å². The molecule has 0 N–H and O–H groups in total. The van der Waals surface area contributed by atoms with Gasteiger partial charge in [0.1, 0.15) is 11.5 Å². The molecule has 154 valence electrons. The normalized spacial score (nSPS) is 18.7. The molecular weight excluding hydrogens is 446 g/mol. The summed E-state index contributed by atoms with van der Waals surface area (Å²) in [7, 11) is 0. The first-order valence-electron chi connectivity index (χ1n) is 10.1. The number of amides is 1. The Morgan fingerprint density at radius 3 is 2.50 bits per heavy atom. The highest BCUT2D eigenvalue weighted by Crippen LogP contribution is 2.36. The number of nitro benzene ring substituents is 1. The molecule has 30 heavy (non-hydrogen) atoms. The van der Waals surface area contributed by atoms with E-state index in [-0.39, 0.29) is 17.5 Å². The van der Waals surface area contributed by atoms with Crippen molar-refractivity contribution in [2.75, 3.05) is 4.90 Å². The van der Waals surface area contributed by atoms with Gasteiger partial charge in [-0.2, -0.15) is 0 Å². The van der Waals surface area contributed by atoms with Crippen LogP contribution in [0.2, 0.25) is 0 Å². The molecule has 1 amide bonds. The number of benzene rings is 2. The standard InChI is InChI=1S/C23H22BrN3O3/c1-15-7-12-19(27(29)30)14-21(15)26-22(17-5-3-2-4-6-17)25-20(23(26)28)13-16-8-10-18(24)11-9-16/h7-14,17H,2-6H2,1H3/b20-13-. The molecule has 0 unspecified atom stereocenters. The minimum Gasteiger partial charge on any atom is -0.266 e. The molecule has 0 bridgehead atoms. The Bertz CT molecular complexity index is 1050. The fourth-order valence-electron chi connectivity index (χ4n) is 4.07. The number of nitro groups is 1. The SMILES string of the molecule is Cc1ccc([N+](=O)[O-])cc1N1C(=O)/C(=C/c2ccc(Br)cc2)N=C1C1CCCCC1. The van der Waals surface area contributed by atoms with Gasteiger partial charge in [0, 0.05) is 22.5 Å². The number of halogens is 1. The molecule has 0 saturated heterocycles. The molecule has 7 heteroatoms. The maximum absolute atomic E-state index is 13.4. The van der Waals surface area contributed by atoms with Crippen LogP contribution in [0.1, 0.15) is 43.2 Å². The molecule has 2 aromatic rings. The predicted octanol–water partition coefficient (Wildman–Crippen LogP) is 6.03. The van der Waals surface area contributed by atoms with Gasteiger partial charge >= 0.3 is 0 Å². The molecule has 1 heterocycles. The van der Waals surface area contributed by atoms with Crippen molar-refractivity contribution >= 4 is 45.1 Å². The van der Waals surface area contributed by atoms with Crippen molar-refractivity contribution in [1.82, 2.24) is 0 Å². The zero-order chi connectivity index (χ0) is 21.3. The number of carbonyl (C=O) groups excluding carboxylic acids is 1. The Morgan fingerprint density at radius 1 is 1.13 bits per heavy atom. The summed E-state index contributed by atoms with van der Waals surface area (Å²) in [6.45, 7) is 1.86. The van der Waals surface area contributed by atoms with Gasteiger partial charge < -0.3 is 0 Å². The van der Waals surface area contributed by atoms with E-state index in [9.17, 15) is 14.9 Å². The molecule has 2 aliphatic rings. The number of carbonyl (C=O) groups is 1. The lowest BCUT2D eigenvalue weighted by atomic mass is 9.88. The lowest BCUT2D eigenvalue weighted by Crippen LogP contribution is -2.37. The van der Waals surface area contributed by atoms with Crippen molar-refractivity contribution < 1.29 is 9.72 Å². The van der Waals surface area contributed by atoms with Gasteiger partial charge in [-0.15, -0.1) is 0 Å². The Morgan fingerprint density at radius 2 is 1.83 bits per heavy atom. The largest absolute Gasteiger partial charge is 0.282 e. The number of aliphatic imine (C=N–C) groups is 1. The number of hydrogen-bond acceptors (Lipinski definition) is 4. The lowest BCUT2D eigenvalue weighted by molar-refractivity contribution is -0.384. The molecule has 2 aromatic carbocycles. The maximum Gasteiger partial charge on any atom is 0.282 e. The van der Waals surface area contributed by atoms with Crippen LogP contribution in [0.15, 0.2) is 57.6 Å². The van der Waals surface area contributed by atoms with Gasteiger partial charge in [0.25, 0.3) is 11.6 Å². The number of non-ortho nitro benzene ring substituents is 1. The quantitative estimate of drug-likeness (QED) is 0.312. The summed E-state index contributed by atoms with van der Waals surface area (Å²) in [6.07, 6.45) is 7.13. The summed E-state index contributed by atoms with van der Waals surface area (Å²) in [5.41, 5.74) is 2.56. The zero-order valence-electron chi connectivity index (χ0n) is 16.7. The van der Waals surface area contributed by atoms with E-state index in [0.717, 1.165) is 41.3 Å². The average Bonchev–Trinajstić information content (AvgIpc) is 3.06. The van der Waals surface area contributed by atoms with Crippen LogP contribution in [0.3, 0.4) is 0 Å². The van der Waals surface area contributed by atoms with Crippen LogP contribution in [-0.2, 0) is 4.79 Å². The number of hydrogen-bond donors (Lipinski definition) is 0. The van der Waals surface area contributed by atoms with Crippen LogP contribution >= 0.6 is 15.9 Å². The van der Waals surface area contributed by atoms with Crippen molar-refractivity contribution in [3.8, 4) is 0 Å². The number of nitrogens with zero attached hydrogens (tertiary/aromatic N) is 3. The van der Waals surface area contributed by atoms with Crippen LogP contribution in [0.4, 0.5) is 11.4 Å². The number of anilines is 1. The first kappa shape index (κ1) is 20.5. The van der Waals surface area contributed by atoms with Gasteiger partial charge in [-0.25, -0.2) is 4.99 Å². The van der Waals surface area contributed by atoms with Crippen molar-refractivity contribution in [3.63, 3.8) is 0 Å². The molecule has 1 aliphatic heterocycles. The highest BCUT2D eigenvalue weighted by Gasteiger charge is 2.37. The summed E-state index contributed by atoms with van der Waals surface area (Å²) in [4.78, 5) is 30.7. The fraction of sp³-hybridized carbons (Fsp3) is 0.304. The molecule has 4 rings (SSSR count). The molecule has 0 atom stereocenters. The zero-order valence-corrected chi connectivity index (χ0v) is 18.3. The minimum atomic E-state index is -0.431. The van der Waals surface area contributed by atoms with Crippen LogP contribution < -0.4 is 4.90 Å². The van der Waals surface area contributed by atoms with Crippen molar-refractivity contribution in [1.29, 1.82) is 0 Å². The first-order chi connectivity index (χ1) is 14.4. The molecular formula is C23H22BrN3O3. The number of rotatable bonds is 4. The van der Waals surface area contributed by atoms with Gasteiger partial charge in [-0.3, -0.25) is 19.8 Å². The Hall–Kier alpha value is -2.80. The molecule has 1 fully saturated rings. The highest BCUT2D eigenvalue weighted by molar-refractivity contribution is 9.10. The van der Waals surface area contributed by atoms with E-state index >= 15 is 0 Å². The molecule has 6 nitrogen and oxygen atoms in total. The van der Waals surface area contributed by atoms with Gasteiger partial charge in [-0.05, 0) is 49.1 Å². The second kappa shape index (κ2) is 8.52. The Balaban J connectivity index is 1.79. The number of aryl methyl sites for hydroxylation is 1. The van der Waals surface area contributed by atoms with E-state index < -0.39 is 4.92 Å². The second-order valence-electron chi connectivity index (χ2n) is 7.75. The molecule has 1 aliphatic carbocycles. The van der Waals surface area contributed by atoms with Crippen molar-refractivity contribution in [2.24, 2.45) is 10.9 Å². The molecule has 0 aromatic heterocycles. The summed E-state index contributed by atoms with van der Waals surface area (Å²) >= 11 is 3.42. The first-order valence-corrected chi connectivity index (χ1v) is 10.9. The second-order valence-corrected chi connectivity index (χ2v) is 8.67. The summed E-state index contributed by atoms with van der Waals surface area (Å²) in [6, 6.07) is 12.3. The van der Waals surface area contributed by atoms with E-state index in [1.54, 1.807) is 17.0 Å². The third-order valence-corrected chi connectivity index (χ3v) is 6.20. The summed E-state index contributed by atoms with van der Waals surface area (Å²) in [5, 5.41) is 11.3. The van der Waals surface area contributed by atoms with Crippen molar-refractivity contribution in [3.05, 3.63) is 73.9 Å². The van der Waals surface area contributed by atoms with E-state index in [1.807, 2.05) is 31.2 Å². The van der Waals surface area contributed by atoms with Crippen LogP contribution in [0.25, 0.3) is 6.08 Å². The van der Waals surface area contributed by atoms with E-state index in [0.29, 0.717) is 17.2 Å². The summed E-state index contributed by atoms with van der Waals surface area (Å²) < 4.78 is 0.961. The monoisotopic (exact) mass is 467 g/mol. The van der Waals surface area contributed by atoms with E-state index in [1.165, 1.54) is 18.6 Å². The summed E-state index contributed by atoms with van der Waals surface area (Å²) in [5.74, 6) is 0.658. The van der Waals surface area contributed by atoms with Crippen LogP contribution in [0, 0.1) is 23.0 Å². The Kier molecular flexibility index (Phi) is 5.81. The smallest absolute Gasteiger partial charge is 0.266 e. The highest BCUT2D eigenvalue weighted by atomic mass is 79.9. The van der Waals surface area contributed by atoms with Gasteiger partial charge in [0.2, 0.25) is 0 Å². The van der Waals surface area contributed by atoms with Crippen molar-refractivity contribution in [2.45, 2.75) is 39.0 Å². The van der Waals surface area contributed by atoms with Gasteiger partial charge in [0.05, 0.1) is 10.6 Å². The van der Waals surface area contributed by atoms with Gasteiger partial charge in [-0.1, -0.05) is 53.4 Å². The minimum absolute atomic E-state index is 0.0308. The molecule has 0 radical (unpaired) electrons. The third-order valence-electron chi connectivity index (χ3n) is 5.67. The third kappa shape index (κ3) is 4.07. The van der Waals surface area contributed by atoms with E-state index in [4.69, 9.17) is 4.99 Å². The Labute approximate surface area is 183 Å². The average molecular weight is 468 g/mol. The van der Waals surface area contributed by atoms with E-state index in [2.05, 4.69) is 15.9 Å². The molecule has 0 spiro atoms.